The minimum atomic E-state index is -4.42. The van der Waals surface area contributed by atoms with E-state index in [0.717, 1.165) is 28.8 Å². The topological polar surface area (TPSA) is 69.8 Å². The molecule has 146 valence electrons. The van der Waals surface area contributed by atoms with Crippen LogP contribution in [-0.2, 0) is 6.18 Å². The summed E-state index contributed by atoms with van der Waals surface area (Å²) in [6.45, 7) is 5.72. The average molecular weight is 388 g/mol. The Morgan fingerprint density at radius 3 is 2.29 bits per heavy atom. The minimum absolute atomic E-state index is 0.250. The molecule has 0 saturated carbocycles. The maximum Gasteiger partial charge on any atom is 0.416 e. The molecule has 0 radical (unpaired) electrons. The smallest absolute Gasteiger partial charge is 0.308 e. The number of rotatable bonds is 3. The van der Waals surface area contributed by atoms with E-state index in [1.165, 1.54) is 12.1 Å². The van der Waals surface area contributed by atoms with Gasteiger partial charge in [-0.3, -0.25) is 5.10 Å². The molecule has 0 saturated heterocycles. The van der Waals surface area contributed by atoms with Crippen LogP contribution in [-0.4, -0.2) is 16.2 Å². The van der Waals surface area contributed by atoms with E-state index in [9.17, 15) is 18.0 Å². The zero-order valence-electron chi connectivity index (χ0n) is 15.5. The Morgan fingerprint density at radius 2 is 1.68 bits per heavy atom. The highest BCUT2D eigenvalue weighted by Gasteiger charge is 2.30. The van der Waals surface area contributed by atoms with Gasteiger partial charge in [-0.1, -0.05) is 23.8 Å². The van der Waals surface area contributed by atoms with Gasteiger partial charge in [-0.2, -0.15) is 18.3 Å². The number of aromatic nitrogens is 2. The number of halogens is 3. The Kier molecular flexibility index (Phi) is 5.13. The predicted molar refractivity (Wildman–Crippen MR) is 102 cm³/mol. The summed E-state index contributed by atoms with van der Waals surface area (Å²) < 4.78 is 37.9. The molecule has 5 nitrogen and oxygen atoms in total. The van der Waals surface area contributed by atoms with Crippen molar-refractivity contribution < 1.29 is 18.0 Å². The maximum atomic E-state index is 12.6. The van der Waals surface area contributed by atoms with Crippen LogP contribution in [0, 0.1) is 20.8 Å². The number of hydrogen-bond acceptors (Lipinski definition) is 2. The number of nitrogens with zero attached hydrogens (tertiary/aromatic N) is 1. The molecule has 3 aromatic rings. The van der Waals surface area contributed by atoms with Gasteiger partial charge >= 0.3 is 12.2 Å². The zero-order valence-corrected chi connectivity index (χ0v) is 15.5. The van der Waals surface area contributed by atoms with Crippen molar-refractivity contribution in [3.8, 4) is 11.3 Å². The number of aromatic amines is 1. The number of nitrogens with one attached hydrogen (secondary N) is 3. The minimum Gasteiger partial charge on any atom is -0.308 e. The molecule has 0 atom stereocenters. The van der Waals surface area contributed by atoms with Crippen LogP contribution < -0.4 is 10.6 Å². The molecule has 0 fully saturated rings. The molecular weight excluding hydrogens is 369 g/mol. The average Bonchev–Trinajstić information content (AvgIpc) is 2.95. The third kappa shape index (κ3) is 4.16. The van der Waals surface area contributed by atoms with Crippen molar-refractivity contribution >= 4 is 17.4 Å². The second-order valence-electron chi connectivity index (χ2n) is 6.54. The van der Waals surface area contributed by atoms with E-state index in [4.69, 9.17) is 0 Å². The molecule has 0 aliphatic heterocycles. The van der Waals surface area contributed by atoms with Crippen LogP contribution in [0.1, 0.15) is 22.4 Å². The first-order chi connectivity index (χ1) is 13.1. The number of carbonyl (C=O) groups excluding carboxylic acids is 1. The van der Waals surface area contributed by atoms with E-state index < -0.39 is 17.8 Å². The first-order valence-electron chi connectivity index (χ1n) is 8.53. The third-order valence-corrected chi connectivity index (χ3v) is 4.29. The first-order valence-corrected chi connectivity index (χ1v) is 8.53. The van der Waals surface area contributed by atoms with Crippen LogP contribution in [0.3, 0.4) is 0 Å². The largest absolute Gasteiger partial charge is 0.416 e. The highest BCUT2D eigenvalue weighted by atomic mass is 19.4. The molecule has 2 aromatic carbocycles. The molecule has 0 bridgehead atoms. The Hall–Kier alpha value is -3.29. The first kappa shape index (κ1) is 19.5. The molecule has 2 amide bonds. The summed E-state index contributed by atoms with van der Waals surface area (Å²) in [5, 5.41) is 12.4. The number of hydrogen-bond donors (Lipinski definition) is 3. The number of amides is 2. The summed E-state index contributed by atoms with van der Waals surface area (Å²) in [6, 6.07) is 9.57. The summed E-state index contributed by atoms with van der Waals surface area (Å²) >= 11 is 0. The van der Waals surface area contributed by atoms with E-state index in [1.807, 2.05) is 32.0 Å². The van der Waals surface area contributed by atoms with Crippen molar-refractivity contribution in [3.05, 3.63) is 64.8 Å². The molecule has 3 N–H and O–H groups in total. The number of benzene rings is 2. The quantitative estimate of drug-likeness (QED) is 0.541. The van der Waals surface area contributed by atoms with Gasteiger partial charge in [0.05, 0.1) is 16.9 Å². The van der Waals surface area contributed by atoms with Crippen LogP contribution in [0.2, 0.25) is 0 Å². The van der Waals surface area contributed by atoms with Crippen LogP contribution in [0.15, 0.2) is 42.5 Å². The summed E-state index contributed by atoms with van der Waals surface area (Å²) in [6.07, 6.45) is -4.42. The lowest BCUT2D eigenvalue weighted by molar-refractivity contribution is -0.137. The Labute approximate surface area is 160 Å². The van der Waals surface area contributed by atoms with Crippen LogP contribution in [0.25, 0.3) is 11.3 Å². The van der Waals surface area contributed by atoms with Crippen molar-refractivity contribution in [2.24, 2.45) is 0 Å². The predicted octanol–water partition coefficient (Wildman–Crippen LogP) is 5.66. The van der Waals surface area contributed by atoms with Gasteiger partial charge in [0.15, 0.2) is 0 Å². The van der Waals surface area contributed by atoms with Gasteiger partial charge in [0.2, 0.25) is 0 Å². The molecule has 1 aromatic heterocycles. The molecule has 0 aliphatic carbocycles. The highest BCUT2D eigenvalue weighted by molar-refractivity contribution is 6.02. The second kappa shape index (κ2) is 7.38. The maximum absolute atomic E-state index is 12.6. The summed E-state index contributed by atoms with van der Waals surface area (Å²) in [5.74, 6) is 0. The van der Waals surface area contributed by atoms with Crippen molar-refractivity contribution in [1.29, 1.82) is 0 Å². The van der Waals surface area contributed by atoms with E-state index in [1.54, 1.807) is 6.92 Å². The number of H-pyrrole nitrogens is 1. The summed E-state index contributed by atoms with van der Waals surface area (Å²) in [4.78, 5) is 12.4. The standard InChI is InChI=1S/C20H19F3N4O/c1-11-4-9-16(12(2)10-11)18-17(13(3)26-27-18)25-19(28)24-15-7-5-14(6-8-15)20(21,22)23/h4-10H,1-3H3,(H,26,27)(H2,24,25,28). The van der Waals surface area contributed by atoms with Crippen molar-refractivity contribution in [2.45, 2.75) is 26.9 Å². The van der Waals surface area contributed by atoms with Crippen LogP contribution >= 0.6 is 0 Å². The van der Waals surface area contributed by atoms with Gasteiger partial charge < -0.3 is 10.6 Å². The Morgan fingerprint density at radius 1 is 1.00 bits per heavy atom. The lowest BCUT2D eigenvalue weighted by Gasteiger charge is -2.11. The van der Waals surface area contributed by atoms with Gasteiger partial charge in [-0.25, -0.2) is 4.79 Å². The molecule has 28 heavy (non-hydrogen) atoms. The molecule has 0 aliphatic rings. The molecule has 1 heterocycles. The number of urea groups is 1. The fraction of sp³-hybridized carbons (Fsp3) is 0.200. The Balaban J connectivity index is 1.79. The monoisotopic (exact) mass is 388 g/mol. The van der Waals surface area contributed by atoms with E-state index in [2.05, 4.69) is 20.8 Å². The van der Waals surface area contributed by atoms with Crippen LogP contribution in [0.4, 0.5) is 29.3 Å². The summed E-state index contributed by atoms with van der Waals surface area (Å²) in [7, 11) is 0. The van der Waals surface area contributed by atoms with E-state index >= 15 is 0 Å². The van der Waals surface area contributed by atoms with Crippen molar-refractivity contribution in [2.75, 3.05) is 10.6 Å². The van der Waals surface area contributed by atoms with E-state index in [-0.39, 0.29) is 5.69 Å². The van der Waals surface area contributed by atoms with Gasteiger partial charge in [-0.15, -0.1) is 0 Å². The van der Waals surface area contributed by atoms with Gasteiger partial charge in [0, 0.05) is 11.3 Å². The highest BCUT2D eigenvalue weighted by Crippen LogP contribution is 2.32. The summed E-state index contributed by atoms with van der Waals surface area (Å²) in [5.41, 5.74) is 4.24. The number of alkyl halides is 3. The van der Waals surface area contributed by atoms with E-state index in [0.29, 0.717) is 17.1 Å². The molecular formula is C20H19F3N4O. The SMILES string of the molecule is Cc1ccc(-c2n[nH]c(C)c2NC(=O)Nc2ccc(C(F)(F)F)cc2)c(C)c1. The molecule has 0 spiro atoms. The normalized spacial score (nSPS) is 11.4. The van der Waals surface area contributed by atoms with Gasteiger partial charge in [-0.05, 0) is 50.6 Å². The van der Waals surface area contributed by atoms with Crippen molar-refractivity contribution in [3.63, 3.8) is 0 Å². The lowest BCUT2D eigenvalue weighted by Crippen LogP contribution is -2.20. The van der Waals surface area contributed by atoms with Crippen LogP contribution in [0.5, 0.6) is 0 Å². The fourth-order valence-corrected chi connectivity index (χ4v) is 2.87. The van der Waals surface area contributed by atoms with Gasteiger partial charge in [0.1, 0.15) is 5.69 Å². The number of aryl methyl sites for hydroxylation is 3. The molecule has 8 heteroatoms. The fourth-order valence-electron chi connectivity index (χ4n) is 2.87. The molecule has 0 unspecified atom stereocenters. The van der Waals surface area contributed by atoms with Gasteiger partial charge in [0.25, 0.3) is 0 Å². The lowest BCUT2D eigenvalue weighted by atomic mass is 10.0. The number of carbonyl (C=O) groups is 1. The van der Waals surface area contributed by atoms with Crippen molar-refractivity contribution in [1.82, 2.24) is 10.2 Å². The number of anilines is 2. The Bertz CT molecular complexity index is 1010. The molecule has 3 rings (SSSR count). The second-order valence-corrected chi connectivity index (χ2v) is 6.54. The third-order valence-electron chi connectivity index (χ3n) is 4.29. The zero-order chi connectivity index (χ0) is 20.5.